The van der Waals surface area contributed by atoms with E-state index in [1.54, 1.807) is 0 Å². The minimum absolute atomic E-state index is 0.557. The number of rotatable bonds is 1. The molecule has 0 rings (SSSR count). The van der Waals surface area contributed by atoms with Crippen LogP contribution in [0.3, 0.4) is 0 Å². The summed E-state index contributed by atoms with van der Waals surface area (Å²) in [6.45, 7) is 0. The zero-order chi connectivity index (χ0) is 5.41. The summed E-state index contributed by atoms with van der Waals surface area (Å²) >= 11 is 12.5. The molecule has 0 saturated heterocycles. The highest BCUT2D eigenvalue weighted by Crippen LogP contribution is 1.77. The summed E-state index contributed by atoms with van der Waals surface area (Å²) in [7, 11) is 4.45. The largest absolute Gasteiger partial charge is 0.125 e. The van der Waals surface area contributed by atoms with Crippen molar-refractivity contribution in [3.05, 3.63) is 0 Å². The number of hydrogen-bond acceptors (Lipinski definition) is 0. The van der Waals surface area contributed by atoms with Crippen molar-refractivity contribution in [2.24, 2.45) is 0 Å². The molecule has 0 unspecified atom stereocenters. The zero-order valence-corrected chi connectivity index (χ0v) is 6.78. The van der Waals surface area contributed by atoms with Crippen molar-refractivity contribution in [2.75, 3.05) is 11.8 Å². The lowest BCUT2D eigenvalue weighted by atomic mass is 11.0. The maximum atomic E-state index is 5.05. The van der Waals surface area contributed by atoms with E-state index in [0.717, 1.165) is 0 Å². The molecule has 0 aromatic heterocycles. The number of halogens is 4. The first-order chi connectivity index (χ1) is 2.91. The molecule has 0 saturated carbocycles. The third-order valence-electron chi connectivity index (χ3n) is 0.0714. The first-order valence-electron chi connectivity index (χ1n) is 1.18. The van der Waals surface area contributed by atoms with Crippen LogP contribution in [0.15, 0.2) is 0 Å². The third-order valence-corrected chi connectivity index (χ3v) is 0.643. The average Bonchev–Trinajstić information content (AvgIpc) is 1.72. The Kier molecular flexibility index (Phi) is 27.9. The lowest BCUT2D eigenvalue weighted by Crippen LogP contribution is -1.63. The van der Waals surface area contributed by atoms with E-state index in [1.165, 1.54) is 0 Å². The van der Waals surface area contributed by atoms with Gasteiger partial charge >= 0.3 is 0 Å². The Labute approximate surface area is 60.1 Å². The van der Waals surface area contributed by atoms with Gasteiger partial charge in [-0.25, -0.2) is 0 Å². The molecule has 40 valence electrons. The summed E-state index contributed by atoms with van der Waals surface area (Å²) in [5.74, 6) is 1.11. The molecule has 0 aliphatic heterocycles. The fourth-order valence-corrected chi connectivity index (χ4v) is 0. The molecule has 0 aromatic rings. The van der Waals surface area contributed by atoms with E-state index in [4.69, 9.17) is 23.2 Å². The van der Waals surface area contributed by atoms with Gasteiger partial charge in [0.05, 0.1) is 0 Å². The Morgan fingerprint density at radius 2 is 1.17 bits per heavy atom. The van der Waals surface area contributed by atoms with Gasteiger partial charge in [-0.3, -0.25) is 0 Å². The molecular weight excluding hydrogens is 210 g/mol. The minimum Gasteiger partial charge on any atom is -0.125 e. The molecule has 0 atom stereocenters. The molecule has 6 heavy (non-hydrogen) atoms. The molecule has 0 heterocycles. The second-order valence-electron chi connectivity index (χ2n) is 0.378. The van der Waals surface area contributed by atoms with Crippen LogP contribution in [0.2, 0.25) is 0 Å². The van der Waals surface area contributed by atoms with Gasteiger partial charge in [-0.05, 0) is 10.1 Å². The highest BCUT2D eigenvalue weighted by molar-refractivity contribution is 9.22. The van der Waals surface area contributed by atoms with Crippen molar-refractivity contribution in [3.63, 3.8) is 0 Å². The fourth-order valence-electron chi connectivity index (χ4n) is 0. The van der Waals surface area contributed by atoms with Gasteiger partial charge in [0, 0.05) is 26.8 Å². The van der Waals surface area contributed by atoms with E-state index in [9.17, 15) is 0 Å². The minimum atomic E-state index is 0.557. The van der Waals surface area contributed by atoms with Gasteiger partial charge in [0.25, 0.3) is 0 Å². The summed E-state index contributed by atoms with van der Waals surface area (Å²) < 4.78 is 0. The summed E-state index contributed by atoms with van der Waals surface area (Å²) in [6, 6.07) is 0. The lowest BCUT2D eigenvalue weighted by Gasteiger charge is -1.63. The van der Waals surface area contributed by atoms with Crippen molar-refractivity contribution in [2.45, 2.75) is 0 Å². The SMILES string of the molecule is ClBr.ClCCCl. The van der Waals surface area contributed by atoms with Crippen LogP contribution in [0.4, 0.5) is 0 Å². The Morgan fingerprint density at radius 1 is 1.00 bits per heavy atom. The highest BCUT2D eigenvalue weighted by atomic mass is 79.9. The molecule has 0 fully saturated rings. The van der Waals surface area contributed by atoms with E-state index < -0.39 is 0 Å². The van der Waals surface area contributed by atoms with Gasteiger partial charge in [-0.2, -0.15) is 0 Å². The van der Waals surface area contributed by atoms with Crippen LogP contribution in [0.25, 0.3) is 0 Å². The van der Waals surface area contributed by atoms with E-state index in [1.807, 2.05) is 0 Å². The first kappa shape index (κ1) is 10.4. The van der Waals surface area contributed by atoms with Crippen LogP contribution in [-0.2, 0) is 0 Å². The monoisotopic (exact) mass is 212 g/mol. The zero-order valence-electron chi connectivity index (χ0n) is 2.93. The van der Waals surface area contributed by atoms with Gasteiger partial charge in [0.15, 0.2) is 0 Å². The summed E-state index contributed by atoms with van der Waals surface area (Å²) in [6.07, 6.45) is 0. The quantitative estimate of drug-likeness (QED) is 0.589. The van der Waals surface area contributed by atoms with Crippen molar-refractivity contribution in [3.8, 4) is 0 Å². The number of hydrogen-bond donors (Lipinski definition) is 0. The Bertz CT molecular complexity index is 10.8. The van der Waals surface area contributed by atoms with E-state index in [2.05, 4.69) is 25.1 Å². The topological polar surface area (TPSA) is 0 Å². The lowest BCUT2D eigenvalue weighted by molar-refractivity contribution is 1.52. The normalized spacial score (nSPS) is 6.00. The van der Waals surface area contributed by atoms with Crippen molar-refractivity contribution in [1.29, 1.82) is 0 Å². The van der Waals surface area contributed by atoms with Gasteiger partial charge in [0.1, 0.15) is 0 Å². The molecule has 0 nitrogen and oxygen atoms in total. The molecule has 0 N–H and O–H groups in total. The predicted molar refractivity (Wildman–Crippen MR) is 36.2 cm³/mol. The summed E-state index contributed by atoms with van der Waals surface area (Å²) in [4.78, 5) is 0. The maximum Gasteiger partial charge on any atom is 0.0359 e. The van der Waals surface area contributed by atoms with E-state index in [-0.39, 0.29) is 0 Å². The second kappa shape index (κ2) is 16.2. The van der Waals surface area contributed by atoms with Gasteiger partial charge in [0.2, 0.25) is 0 Å². The Morgan fingerprint density at radius 3 is 1.17 bits per heavy atom. The molecule has 4 heteroatoms. The summed E-state index contributed by atoms with van der Waals surface area (Å²) in [5, 5.41) is 0. The third kappa shape index (κ3) is 18.3. The molecule has 0 aliphatic carbocycles. The molecule has 0 aromatic carbocycles. The highest BCUT2D eigenvalue weighted by Gasteiger charge is 1.61. The predicted octanol–water partition coefficient (Wildman–Crippen LogP) is 3.00. The van der Waals surface area contributed by atoms with Gasteiger partial charge < -0.3 is 0 Å². The van der Waals surface area contributed by atoms with E-state index in [0.29, 0.717) is 11.8 Å². The Balaban J connectivity index is 0. The second-order valence-corrected chi connectivity index (χ2v) is 1.13. The van der Waals surface area contributed by atoms with Crippen LogP contribution in [0, 0.1) is 0 Å². The van der Waals surface area contributed by atoms with Crippen molar-refractivity contribution >= 4 is 48.3 Å². The molecule has 0 spiro atoms. The van der Waals surface area contributed by atoms with Crippen LogP contribution in [0.5, 0.6) is 0 Å². The molecule has 0 bridgehead atoms. The van der Waals surface area contributed by atoms with Crippen molar-refractivity contribution < 1.29 is 0 Å². The first-order valence-corrected chi connectivity index (χ1v) is 4.33. The van der Waals surface area contributed by atoms with Crippen LogP contribution >= 0.6 is 48.3 Å². The fraction of sp³-hybridized carbons (Fsp3) is 1.00. The van der Waals surface area contributed by atoms with Crippen LogP contribution in [-0.4, -0.2) is 11.8 Å². The molecule has 0 amide bonds. The van der Waals surface area contributed by atoms with Crippen molar-refractivity contribution in [1.82, 2.24) is 0 Å². The Hall–Kier alpha value is 1.35. The molecule has 0 aliphatic rings. The smallest absolute Gasteiger partial charge is 0.0359 e. The van der Waals surface area contributed by atoms with E-state index >= 15 is 0 Å². The number of alkyl halides is 2. The summed E-state index contributed by atoms with van der Waals surface area (Å²) in [5.41, 5.74) is 0. The molecule has 0 radical (unpaired) electrons. The standard InChI is InChI=1S/C2H4Cl2.BrCl/c3-1-2-4;1-2/h1-2H2;. The van der Waals surface area contributed by atoms with Gasteiger partial charge in [-0.1, -0.05) is 0 Å². The van der Waals surface area contributed by atoms with Crippen LogP contribution < -0.4 is 0 Å². The average molecular weight is 214 g/mol. The van der Waals surface area contributed by atoms with Crippen LogP contribution in [0.1, 0.15) is 0 Å². The van der Waals surface area contributed by atoms with Gasteiger partial charge in [-0.15, -0.1) is 23.2 Å². The molecular formula is C2H4BrCl3. The maximum absolute atomic E-state index is 5.05.